The molecule has 0 atom stereocenters. The molecular weight excluding hydrogens is 725 g/mol. The van der Waals surface area contributed by atoms with Crippen molar-refractivity contribution in [1.29, 1.82) is 0 Å². The van der Waals surface area contributed by atoms with Gasteiger partial charge in [0.15, 0.2) is 23.2 Å². The summed E-state index contributed by atoms with van der Waals surface area (Å²) in [6.07, 6.45) is 0. The minimum Gasteiger partial charge on any atom is -0.455 e. The first-order chi connectivity index (χ1) is 29.2. The molecule has 0 aliphatic rings. The van der Waals surface area contributed by atoms with E-state index in [-0.39, 0.29) is 0 Å². The Morgan fingerprint density at radius 2 is 0.780 bits per heavy atom. The summed E-state index contributed by atoms with van der Waals surface area (Å²) in [5, 5.41) is 6.52. The second-order valence-electron chi connectivity index (χ2n) is 14.7. The number of benzene rings is 8. The largest absolute Gasteiger partial charge is 0.455 e. The molecule has 7 heteroatoms. The number of para-hydroxylation sites is 2. The lowest BCUT2D eigenvalue weighted by Crippen LogP contribution is -2.00. The predicted molar refractivity (Wildman–Crippen MR) is 238 cm³/mol. The fourth-order valence-electron chi connectivity index (χ4n) is 8.73. The quantitative estimate of drug-likeness (QED) is 0.164. The Balaban J connectivity index is 1.03. The standard InChI is InChI=1S/C52H30N6O/c1-53-35-22-26-37(27-23-35)58-43-19-11-9-17-41(43)47-45(58)31-29-39-38-28-30-44-46(48(38)59-49(39)47)40-16-8-10-18-42(40)57(44)36-24-20-34(21-25-36)52-55-50(32-12-4-2-5-13-32)54-51(56-52)33-14-6-3-7-15-33/h2-31H. The van der Waals surface area contributed by atoms with Gasteiger partial charge in [-0.3, -0.25) is 0 Å². The van der Waals surface area contributed by atoms with E-state index in [2.05, 4.69) is 111 Å². The van der Waals surface area contributed by atoms with E-state index >= 15 is 0 Å². The predicted octanol–water partition coefficient (Wildman–Crippen LogP) is 13.5. The van der Waals surface area contributed by atoms with Crippen LogP contribution in [0.15, 0.2) is 186 Å². The van der Waals surface area contributed by atoms with E-state index in [1.807, 2.05) is 84.9 Å². The van der Waals surface area contributed by atoms with Gasteiger partial charge in [-0.05, 0) is 72.8 Å². The first kappa shape index (κ1) is 32.9. The molecule has 0 radical (unpaired) electrons. The van der Waals surface area contributed by atoms with Gasteiger partial charge in [-0.2, -0.15) is 0 Å². The lowest BCUT2D eigenvalue weighted by molar-refractivity contribution is 0.677. The van der Waals surface area contributed by atoms with Crippen LogP contribution in [-0.2, 0) is 0 Å². The number of nitrogens with zero attached hydrogens (tertiary/aromatic N) is 6. The molecule has 0 bridgehead atoms. The second kappa shape index (κ2) is 12.8. The lowest BCUT2D eigenvalue weighted by atomic mass is 10.1. The van der Waals surface area contributed by atoms with Gasteiger partial charge >= 0.3 is 0 Å². The van der Waals surface area contributed by atoms with Crippen molar-refractivity contribution in [3.8, 4) is 45.5 Å². The zero-order valence-corrected chi connectivity index (χ0v) is 31.4. The van der Waals surface area contributed by atoms with E-state index in [0.717, 1.165) is 93.6 Å². The van der Waals surface area contributed by atoms with Gasteiger partial charge in [0.05, 0.1) is 39.4 Å². The monoisotopic (exact) mass is 754 g/mol. The van der Waals surface area contributed by atoms with Crippen LogP contribution in [-0.4, -0.2) is 24.1 Å². The van der Waals surface area contributed by atoms with Crippen LogP contribution in [0.25, 0.3) is 116 Å². The van der Waals surface area contributed by atoms with E-state index < -0.39 is 0 Å². The topological polar surface area (TPSA) is 66.0 Å². The fourth-order valence-corrected chi connectivity index (χ4v) is 8.73. The van der Waals surface area contributed by atoms with Crippen LogP contribution in [0, 0.1) is 6.57 Å². The molecule has 0 amide bonds. The van der Waals surface area contributed by atoms with E-state index in [9.17, 15) is 0 Å². The first-order valence-corrected chi connectivity index (χ1v) is 19.5. The molecule has 0 unspecified atom stereocenters. The maximum absolute atomic E-state index is 7.45. The van der Waals surface area contributed by atoms with Crippen molar-refractivity contribution in [3.05, 3.63) is 193 Å². The number of aromatic nitrogens is 5. The number of hydrogen-bond acceptors (Lipinski definition) is 4. The molecule has 8 aromatic carbocycles. The summed E-state index contributed by atoms with van der Waals surface area (Å²) >= 11 is 0. The molecule has 0 saturated carbocycles. The molecule has 4 aromatic heterocycles. The van der Waals surface area contributed by atoms with E-state index in [1.54, 1.807) is 0 Å². The second-order valence-corrected chi connectivity index (χ2v) is 14.7. The van der Waals surface area contributed by atoms with Crippen LogP contribution >= 0.6 is 0 Å². The van der Waals surface area contributed by atoms with Gasteiger partial charge in [0.1, 0.15) is 11.2 Å². The summed E-state index contributed by atoms with van der Waals surface area (Å²) < 4.78 is 11.7. The SMILES string of the molecule is [C-]#[N+]c1ccc(-n2c3ccccc3c3c4oc5c(ccc6c5c5ccccc5n6-c5ccc(-c6nc(-c7ccccc7)nc(-c7ccccc7)n6)cc5)c4ccc32)cc1. The van der Waals surface area contributed by atoms with E-state index in [1.165, 1.54) is 0 Å². The zero-order chi connectivity index (χ0) is 39.0. The molecule has 0 aliphatic heterocycles. The molecule has 12 rings (SSSR count). The Bertz CT molecular complexity index is 3590. The number of rotatable bonds is 5. The molecule has 0 N–H and O–H groups in total. The highest BCUT2D eigenvalue weighted by atomic mass is 16.3. The van der Waals surface area contributed by atoms with Gasteiger partial charge in [-0.1, -0.05) is 109 Å². The van der Waals surface area contributed by atoms with E-state index in [4.69, 9.17) is 25.9 Å². The van der Waals surface area contributed by atoms with Crippen LogP contribution in [0.3, 0.4) is 0 Å². The summed E-state index contributed by atoms with van der Waals surface area (Å²) in [5.74, 6) is 1.88. The third-order valence-corrected chi connectivity index (χ3v) is 11.4. The van der Waals surface area contributed by atoms with Crippen LogP contribution < -0.4 is 0 Å². The lowest BCUT2D eigenvalue weighted by Gasteiger charge is -2.10. The molecule has 0 saturated heterocycles. The summed E-state index contributed by atoms with van der Waals surface area (Å²) in [7, 11) is 0. The summed E-state index contributed by atoms with van der Waals surface area (Å²) in [5.41, 5.74) is 11.4. The Morgan fingerprint density at radius 1 is 0.373 bits per heavy atom. The number of fused-ring (bicyclic) bond motifs is 11. The average Bonchev–Trinajstić information content (AvgIpc) is 3.97. The molecular formula is C52H30N6O. The summed E-state index contributed by atoms with van der Waals surface area (Å²) in [6, 6.07) is 62.1. The van der Waals surface area contributed by atoms with Crippen molar-refractivity contribution in [2.45, 2.75) is 0 Å². The Labute approximate surface area is 337 Å². The number of hydrogen-bond donors (Lipinski definition) is 0. The minimum atomic E-state index is 0.614. The smallest absolute Gasteiger partial charge is 0.187 e. The van der Waals surface area contributed by atoms with Crippen LogP contribution in [0.4, 0.5) is 5.69 Å². The van der Waals surface area contributed by atoms with E-state index in [0.29, 0.717) is 23.2 Å². The maximum atomic E-state index is 7.45. The van der Waals surface area contributed by atoms with Crippen LogP contribution in [0.2, 0.25) is 0 Å². The highest BCUT2D eigenvalue weighted by Crippen LogP contribution is 2.45. The van der Waals surface area contributed by atoms with Gasteiger partial charge in [0.2, 0.25) is 0 Å². The van der Waals surface area contributed by atoms with Crippen molar-refractivity contribution in [2.24, 2.45) is 0 Å². The fraction of sp³-hybridized carbons (Fsp3) is 0. The van der Waals surface area contributed by atoms with Crippen molar-refractivity contribution < 1.29 is 4.42 Å². The first-order valence-electron chi connectivity index (χ1n) is 19.5. The third kappa shape index (κ3) is 5.04. The number of furan rings is 1. The summed E-state index contributed by atoms with van der Waals surface area (Å²) in [6.45, 7) is 7.45. The molecule has 0 spiro atoms. The Kier molecular flexibility index (Phi) is 7.16. The van der Waals surface area contributed by atoms with Gasteiger partial charge < -0.3 is 13.6 Å². The summed E-state index contributed by atoms with van der Waals surface area (Å²) in [4.78, 5) is 18.4. The van der Waals surface area contributed by atoms with Crippen molar-refractivity contribution in [2.75, 3.05) is 0 Å². The van der Waals surface area contributed by atoms with Gasteiger partial charge in [-0.15, -0.1) is 0 Å². The van der Waals surface area contributed by atoms with Gasteiger partial charge in [0, 0.05) is 49.6 Å². The zero-order valence-electron chi connectivity index (χ0n) is 31.4. The van der Waals surface area contributed by atoms with Gasteiger partial charge in [0.25, 0.3) is 0 Å². The van der Waals surface area contributed by atoms with Crippen molar-refractivity contribution >= 4 is 71.2 Å². The van der Waals surface area contributed by atoms with Gasteiger partial charge in [-0.25, -0.2) is 19.8 Å². The molecule has 12 aromatic rings. The third-order valence-electron chi connectivity index (χ3n) is 11.4. The highest BCUT2D eigenvalue weighted by Gasteiger charge is 2.22. The normalized spacial score (nSPS) is 11.7. The molecule has 0 fully saturated rings. The maximum Gasteiger partial charge on any atom is 0.187 e. The molecule has 274 valence electrons. The Hall–Kier alpha value is -8.34. The highest BCUT2D eigenvalue weighted by molar-refractivity contribution is 6.29. The van der Waals surface area contributed by atoms with Crippen LogP contribution in [0.5, 0.6) is 0 Å². The Morgan fingerprint density at radius 3 is 1.24 bits per heavy atom. The molecule has 59 heavy (non-hydrogen) atoms. The van der Waals surface area contributed by atoms with Crippen LogP contribution in [0.1, 0.15) is 0 Å². The minimum absolute atomic E-state index is 0.614. The van der Waals surface area contributed by atoms with Crippen molar-refractivity contribution in [1.82, 2.24) is 24.1 Å². The van der Waals surface area contributed by atoms with Crippen molar-refractivity contribution in [3.63, 3.8) is 0 Å². The molecule has 4 heterocycles. The average molecular weight is 755 g/mol. The molecule has 7 nitrogen and oxygen atoms in total. The molecule has 0 aliphatic carbocycles.